The van der Waals surface area contributed by atoms with E-state index in [1.54, 1.807) is 6.07 Å². The molecule has 3 atom stereocenters. The van der Waals surface area contributed by atoms with Crippen molar-refractivity contribution in [2.45, 2.75) is 23.0 Å². The lowest BCUT2D eigenvalue weighted by Gasteiger charge is -2.18. The maximum absolute atomic E-state index is 6.20. The van der Waals surface area contributed by atoms with Crippen LogP contribution >= 0.6 is 46.6 Å². The first-order valence-corrected chi connectivity index (χ1v) is 7.64. The molecule has 0 spiro atoms. The van der Waals surface area contributed by atoms with Crippen LogP contribution in [0.2, 0.25) is 15.1 Å². The van der Waals surface area contributed by atoms with Gasteiger partial charge in [0.05, 0.1) is 15.1 Å². The Balaban J connectivity index is 1.81. The smallest absolute Gasteiger partial charge is 0.0607 e. The van der Waals surface area contributed by atoms with E-state index in [2.05, 4.69) is 12.2 Å². The van der Waals surface area contributed by atoms with Crippen molar-refractivity contribution in [3.8, 4) is 0 Å². The van der Waals surface area contributed by atoms with Gasteiger partial charge in [-0.2, -0.15) is 0 Å². The highest BCUT2D eigenvalue weighted by Gasteiger charge is 2.36. The minimum Gasteiger partial charge on any atom is -0.120 e. The Bertz CT molecular complexity index is 484. The van der Waals surface area contributed by atoms with Crippen LogP contribution in [0.3, 0.4) is 0 Å². The molecule has 0 amide bonds. The van der Waals surface area contributed by atoms with Crippen LogP contribution < -0.4 is 0 Å². The molecule has 1 fully saturated rings. The van der Waals surface area contributed by atoms with Gasteiger partial charge in [0.15, 0.2) is 0 Å². The van der Waals surface area contributed by atoms with Crippen molar-refractivity contribution in [3.05, 3.63) is 39.4 Å². The fourth-order valence-corrected chi connectivity index (χ4v) is 4.77. The largest absolute Gasteiger partial charge is 0.120 e. The maximum Gasteiger partial charge on any atom is 0.0607 e. The van der Waals surface area contributed by atoms with Crippen molar-refractivity contribution in [1.29, 1.82) is 0 Å². The van der Waals surface area contributed by atoms with E-state index < -0.39 is 0 Å². The lowest BCUT2D eigenvalue weighted by molar-refractivity contribution is 0.692. The minimum atomic E-state index is 0.522. The van der Waals surface area contributed by atoms with Crippen LogP contribution in [0.15, 0.2) is 29.2 Å². The molecule has 2 aliphatic rings. The molecule has 1 aromatic rings. The second-order valence-electron chi connectivity index (χ2n) is 4.63. The van der Waals surface area contributed by atoms with E-state index in [1.165, 1.54) is 12.8 Å². The summed E-state index contributed by atoms with van der Waals surface area (Å²) < 4.78 is 0. The number of hydrogen-bond donors (Lipinski definition) is 0. The third-order valence-electron chi connectivity index (χ3n) is 3.47. The van der Waals surface area contributed by atoms with Crippen LogP contribution in [0.25, 0.3) is 0 Å². The SMILES string of the molecule is Clc1cc(Cl)c(SC2CC3C=CC2C3)cc1Cl. The third kappa shape index (κ3) is 2.35. The van der Waals surface area contributed by atoms with Crippen molar-refractivity contribution in [3.63, 3.8) is 0 Å². The van der Waals surface area contributed by atoms with Gasteiger partial charge in [-0.3, -0.25) is 0 Å². The Morgan fingerprint density at radius 2 is 1.71 bits per heavy atom. The molecule has 0 radical (unpaired) electrons. The molecule has 1 saturated carbocycles. The van der Waals surface area contributed by atoms with Crippen LogP contribution in [-0.2, 0) is 0 Å². The predicted octanol–water partition coefficient (Wildman–Crippen LogP) is 5.70. The standard InChI is InChI=1S/C13H11Cl3S/c14-9-5-11(16)13(6-10(9)15)17-12-4-7-1-2-8(12)3-7/h1-2,5-8,12H,3-4H2. The summed E-state index contributed by atoms with van der Waals surface area (Å²) in [4.78, 5) is 1.05. The predicted molar refractivity (Wildman–Crippen MR) is 76.5 cm³/mol. The summed E-state index contributed by atoms with van der Waals surface area (Å²) in [5.74, 6) is 1.48. The van der Waals surface area contributed by atoms with E-state index in [-0.39, 0.29) is 0 Å². The molecule has 2 bridgehead atoms. The summed E-state index contributed by atoms with van der Waals surface area (Å²) >= 11 is 20.0. The van der Waals surface area contributed by atoms with E-state index in [0.29, 0.717) is 26.2 Å². The van der Waals surface area contributed by atoms with Crippen LogP contribution in [0.4, 0.5) is 0 Å². The number of halogens is 3. The third-order valence-corrected chi connectivity index (χ3v) is 6.05. The van der Waals surface area contributed by atoms with Gasteiger partial charge in [0.1, 0.15) is 0 Å². The Labute approximate surface area is 120 Å². The Morgan fingerprint density at radius 1 is 0.941 bits per heavy atom. The highest BCUT2D eigenvalue weighted by Crippen LogP contribution is 2.49. The zero-order valence-corrected chi connectivity index (χ0v) is 12.1. The molecule has 0 nitrogen and oxygen atoms in total. The number of hydrogen-bond acceptors (Lipinski definition) is 1. The zero-order valence-electron chi connectivity index (χ0n) is 9.00. The van der Waals surface area contributed by atoms with Crippen LogP contribution in [-0.4, -0.2) is 5.25 Å². The average Bonchev–Trinajstić information content (AvgIpc) is 2.87. The molecule has 4 heteroatoms. The minimum absolute atomic E-state index is 0.522. The van der Waals surface area contributed by atoms with Crippen LogP contribution in [0, 0.1) is 11.8 Å². The van der Waals surface area contributed by atoms with Gasteiger partial charge < -0.3 is 0 Å². The van der Waals surface area contributed by atoms with Crippen molar-refractivity contribution >= 4 is 46.6 Å². The quantitative estimate of drug-likeness (QED) is 0.498. The summed E-state index contributed by atoms with van der Waals surface area (Å²) in [6, 6.07) is 3.61. The normalized spacial score (nSPS) is 30.2. The van der Waals surface area contributed by atoms with Crippen molar-refractivity contribution in [2.24, 2.45) is 11.8 Å². The van der Waals surface area contributed by atoms with Gasteiger partial charge >= 0.3 is 0 Å². The van der Waals surface area contributed by atoms with Crippen molar-refractivity contribution < 1.29 is 0 Å². The van der Waals surface area contributed by atoms with Gasteiger partial charge in [-0.05, 0) is 36.8 Å². The number of rotatable bonds is 2. The monoisotopic (exact) mass is 304 g/mol. The number of allylic oxidation sites excluding steroid dienone is 2. The molecule has 2 aliphatic carbocycles. The highest BCUT2D eigenvalue weighted by molar-refractivity contribution is 8.00. The topological polar surface area (TPSA) is 0 Å². The lowest BCUT2D eigenvalue weighted by atomic mass is 10.1. The van der Waals surface area contributed by atoms with Gasteiger partial charge in [-0.25, -0.2) is 0 Å². The van der Waals surface area contributed by atoms with Gasteiger partial charge in [-0.15, -0.1) is 11.8 Å². The number of benzene rings is 1. The number of fused-ring (bicyclic) bond motifs is 2. The fourth-order valence-electron chi connectivity index (χ4n) is 2.62. The molecular formula is C13H11Cl3S. The molecule has 3 rings (SSSR count). The van der Waals surface area contributed by atoms with E-state index >= 15 is 0 Å². The molecule has 1 aromatic carbocycles. The second kappa shape index (κ2) is 4.70. The first kappa shape index (κ1) is 12.2. The Hall–Kier alpha value is 0.180. The second-order valence-corrected chi connectivity index (χ2v) is 7.14. The Kier molecular flexibility index (Phi) is 3.38. The van der Waals surface area contributed by atoms with Crippen LogP contribution in [0.1, 0.15) is 12.8 Å². The fraction of sp³-hybridized carbons (Fsp3) is 0.385. The average molecular weight is 306 g/mol. The van der Waals surface area contributed by atoms with Crippen molar-refractivity contribution in [1.82, 2.24) is 0 Å². The first-order valence-electron chi connectivity index (χ1n) is 5.63. The van der Waals surface area contributed by atoms with E-state index in [1.807, 2.05) is 17.8 Å². The first-order chi connectivity index (χ1) is 8.13. The summed E-state index contributed by atoms with van der Waals surface area (Å²) in [7, 11) is 0. The summed E-state index contributed by atoms with van der Waals surface area (Å²) in [5, 5.41) is 2.45. The molecule has 90 valence electrons. The molecule has 17 heavy (non-hydrogen) atoms. The van der Waals surface area contributed by atoms with Gasteiger partial charge in [0.25, 0.3) is 0 Å². The highest BCUT2D eigenvalue weighted by atomic mass is 35.5. The van der Waals surface area contributed by atoms with E-state index in [0.717, 1.165) is 10.8 Å². The van der Waals surface area contributed by atoms with Crippen molar-refractivity contribution in [2.75, 3.05) is 0 Å². The molecule has 0 N–H and O–H groups in total. The Morgan fingerprint density at radius 3 is 2.35 bits per heavy atom. The maximum atomic E-state index is 6.20. The van der Waals surface area contributed by atoms with Gasteiger partial charge in [0.2, 0.25) is 0 Å². The number of thioether (sulfide) groups is 1. The zero-order chi connectivity index (χ0) is 12.0. The van der Waals surface area contributed by atoms with E-state index in [4.69, 9.17) is 34.8 Å². The van der Waals surface area contributed by atoms with Gasteiger partial charge in [-0.1, -0.05) is 47.0 Å². The van der Waals surface area contributed by atoms with Crippen LogP contribution in [0.5, 0.6) is 0 Å². The summed E-state index contributed by atoms with van der Waals surface area (Å²) in [6.45, 7) is 0. The molecule has 0 aliphatic heterocycles. The lowest BCUT2D eigenvalue weighted by Crippen LogP contribution is -2.08. The molecule has 0 aromatic heterocycles. The molecule has 3 unspecified atom stereocenters. The molecule has 0 saturated heterocycles. The summed E-state index contributed by atoms with van der Waals surface area (Å²) in [6.07, 6.45) is 7.24. The summed E-state index contributed by atoms with van der Waals surface area (Å²) in [5.41, 5.74) is 0. The molecular weight excluding hydrogens is 295 g/mol. The van der Waals surface area contributed by atoms with E-state index in [9.17, 15) is 0 Å². The van der Waals surface area contributed by atoms with Gasteiger partial charge in [0, 0.05) is 10.1 Å². The molecule has 0 heterocycles.